The molecule has 0 saturated carbocycles. The summed E-state index contributed by atoms with van der Waals surface area (Å²) in [4.78, 5) is 56.0. The van der Waals surface area contributed by atoms with Crippen LogP contribution in [0.15, 0.2) is 51.2 Å². The standard InChI is InChI=1S/C54H71N3O20S2/c1-34-31-38-41(53(34,3)4)32-39-46(36-9-7-8-10-37(36)52(61)62)40-33-42-47(56-35(2)54(42,5)6)51(79(65,66)67)49(40)76-48(39)50(38)78(63,64)55-14-16-69-18-20-71-22-24-73-26-28-75-30-29-74-27-25-72-23-21-70-19-17-68-15-13-45(60)77-57-43(58)11-12-44(57)59/h7-10,32-35,55H,11-31H2,1-6H3,(H,61,62)(H,65,66,67)/p-1. The molecular formula is C54H70N3O20S2-. The van der Waals surface area contributed by atoms with E-state index in [0.717, 1.165) is 0 Å². The van der Waals surface area contributed by atoms with Crippen LogP contribution in [0, 0.1) is 5.92 Å². The maximum absolute atomic E-state index is 14.8. The highest BCUT2D eigenvalue weighted by atomic mass is 32.2. The molecule has 2 atom stereocenters. The van der Waals surface area contributed by atoms with Crippen molar-refractivity contribution in [1.82, 2.24) is 9.79 Å². The SMILES string of the molecule is CC1Cc2c(cc3c(c2S(=O)(=O)NCCOCCOCCOCCOCCOCCOCCOCCOCCC(=O)ON2C(=O)CCC2=O)Oc2c(S(=O)(=O)[O-])c4c(cc2=C3c2ccccc2C(=O)O)C(C)(C)C(C)N=4)C1(C)C. The Bertz CT molecular complexity index is 3070. The summed E-state index contributed by atoms with van der Waals surface area (Å²) in [6, 6.07) is 9.21. The van der Waals surface area contributed by atoms with Crippen molar-refractivity contribution < 1.29 is 93.1 Å². The number of fused-ring (bicyclic) bond motifs is 4. The number of carboxylic acid groups (broad SMARTS) is 1. The fourth-order valence-corrected chi connectivity index (χ4v) is 11.7. The highest BCUT2D eigenvalue weighted by Gasteiger charge is 2.45. The van der Waals surface area contributed by atoms with E-state index < -0.39 is 71.4 Å². The van der Waals surface area contributed by atoms with E-state index in [2.05, 4.69) is 9.71 Å². The summed E-state index contributed by atoms with van der Waals surface area (Å²) >= 11 is 0. The van der Waals surface area contributed by atoms with Crippen LogP contribution in [0.3, 0.4) is 0 Å². The second-order valence-electron chi connectivity index (χ2n) is 20.3. The van der Waals surface area contributed by atoms with E-state index >= 15 is 0 Å². The van der Waals surface area contributed by atoms with Gasteiger partial charge in [0.25, 0.3) is 11.8 Å². The molecule has 7 rings (SSSR count). The van der Waals surface area contributed by atoms with Crippen LogP contribution in [0.4, 0.5) is 0 Å². The van der Waals surface area contributed by atoms with E-state index in [1.807, 2.05) is 40.7 Å². The van der Waals surface area contributed by atoms with Crippen molar-refractivity contribution in [2.45, 2.75) is 93.9 Å². The first kappa shape index (κ1) is 61.3. The third-order valence-corrected chi connectivity index (χ3v) is 17.0. The summed E-state index contributed by atoms with van der Waals surface area (Å²) in [5.74, 6) is -3.78. The number of nitrogens with one attached hydrogen (secondary N) is 1. The van der Waals surface area contributed by atoms with Gasteiger partial charge in [-0.2, -0.15) is 0 Å². The second kappa shape index (κ2) is 27.0. The van der Waals surface area contributed by atoms with Crippen molar-refractivity contribution in [3.05, 3.63) is 80.4 Å². The normalized spacial score (nSPS) is 18.0. The largest absolute Gasteiger partial charge is 0.744 e. The molecule has 1 fully saturated rings. The van der Waals surface area contributed by atoms with E-state index in [1.54, 1.807) is 31.2 Å². The van der Waals surface area contributed by atoms with Crippen LogP contribution in [-0.4, -0.2) is 174 Å². The number of hydrogen-bond donors (Lipinski definition) is 2. The molecule has 1 saturated heterocycles. The molecule has 0 radical (unpaired) electrons. The van der Waals surface area contributed by atoms with Gasteiger partial charge in [0.2, 0.25) is 10.0 Å². The number of hydroxylamine groups is 2. The Balaban J connectivity index is 0.819. The molecule has 0 aromatic heterocycles. The average Bonchev–Trinajstić information content (AvgIpc) is 4.20. The van der Waals surface area contributed by atoms with E-state index in [-0.39, 0.29) is 115 Å². The summed E-state index contributed by atoms with van der Waals surface area (Å²) in [6.45, 7) is 15.8. The maximum Gasteiger partial charge on any atom is 0.336 e. The minimum absolute atomic E-state index is 0.0326. The first-order valence-electron chi connectivity index (χ1n) is 26.2. The molecule has 434 valence electrons. The molecule has 79 heavy (non-hydrogen) atoms. The van der Waals surface area contributed by atoms with Crippen LogP contribution >= 0.6 is 0 Å². The first-order valence-corrected chi connectivity index (χ1v) is 29.1. The van der Waals surface area contributed by atoms with Crippen LogP contribution in [0.1, 0.15) is 99.0 Å². The number of sulfonamides is 1. The zero-order valence-electron chi connectivity index (χ0n) is 45.4. The third-order valence-electron chi connectivity index (χ3n) is 14.5. The van der Waals surface area contributed by atoms with E-state index in [1.165, 1.54) is 6.07 Å². The Morgan fingerprint density at radius 1 is 0.696 bits per heavy atom. The van der Waals surface area contributed by atoms with Crippen molar-refractivity contribution in [3.8, 4) is 11.5 Å². The van der Waals surface area contributed by atoms with Crippen LogP contribution in [0.2, 0.25) is 0 Å². The lowest BCUT2D eigenvalue weighted by atomic mass is 9.77. The zero-order chi connectivity index (χ0) is 57.1. The van der Waals surface area contributed by atoms with Gasteiger partial charge in [-0.05, 0) is 65.1 Å². The van der Waals surface area contributed by atoms with Gasteiger partial charge in [-0.15, -0.1) is 5.06 Å². The van der Waals surface area contributed by atoms with Gasteiger partial charge in [-0.1, -0.05) is 52.8 Å². The second-order valence-corrected chi connectivity index (χ2v) is 23.3. The Morgan fingerprint density at radius 3 is 1.72 bits per heavy atom. The number of hydrogen-bond acceptors (Lipinski definition) is 20. The van der Waals surface area contributed by atoms with Gasteiger partial charge in [-0.25, -0.2) is 31.1 Å². The Kier molecular flexibility index (Phi) is 21.0. The van der Waals surface area contributed by atoms with Gasteiger partial charge in [-0.3, -0.25) is 14.6 Å². The van der Waals surface area contributed by atoms with E-state index in [4.69, 9.17) is 47.5 Å². The molecule has 3 heterocycles. The minimum atomic E-state index is -5.34. The molecule has 23 nitrogen and oxygen atoms in total. The summed E-state index contributed by atoms with van der Waals surface area (Å²) in [6.07, 6.45) is 0.279. The number of aromatic carboxylic acids is 1. The predicted molar refractivity (Wildman–Crippen MR) is 279 cm³/mol. The quantitative estimate of drug-likeness (QED) is 0.0394. The van der Waals surface area contributed by atoms with Crippen LogP contribution < -0.4 is 20.0 Å². The molecule has 3 aromatic rings. The lowest BCUT2D eigenvalue weighted by Gasteiger charge is -2.31. The number of imide groups is 1. The highest BCUT2D eigenvalue weighted by Crippen LogP contribution is 2.52. The van der Waals surface area contributed by atoms with Gasteiger partial charge >= 0.3 is 11.9 Å². The minimum Gasteiger partial charge on any atom is -0.744 e. The summed E-state index contributed by atoms with van der Waals surface area (Å²) < 4.78 is 123. The number of rotatable bonds is 33. The highest BCUT2D eigenvalue weighted by molar-refractivity contribution is 7.89. The van der Waals surface area contributed by atoms with Crippen molar-refractivity contribution >= 4 is 49.5 Å². The van der Waals surface area contributed by atoms with Gasteiger partial charge < -0.3 is 57.1 Å². The molecule has 1 aliphatic carbocycles. The Morgan fingerprint density at radius 2 is 1.20 bits per heavy atom. The topological polar surface area (TPSA) is 300 Å². The Labute approximate surface area is 459 Å². The van der Waals surface area contributed by atoms with E-state index in [0.29, 0.717) is 94.2 Å². The molecule has 0 spiro atoms. The number of carbonyl (C=O) groups is 4. The number of ether oxygens (including phenoxy) is 9. The lowest BCUT2D eigenvalue weighted by molar-refractivity contribution is -0.198. The summed E-state index contributed by atoms with van der Waals surface area (Å²) in [5, 5.41) is 11.0. The molecule has 2 amide bonds. The molecule has 2 unspecified atom stereocenters. The molecular weight excluding hydrogens is 1070 g/mol. The molecule has 25 heteroatoms. The monoisotopic (exact) mass is 1140 g/mol. The first-order chi connectivity index (χ1) is 37.6. The van der Waals surface area contributed by atoms with Crippen molar-refractivity contribution in [3.63, 3.8) is 0 Å². The number of amides is 2. The Hall–Kier alpha value is -5.29. The molecule has 2 N–H and O–H groups in total. The smallest absolute Gasteiger partial charge is 0.336 e. The van der Waals surface area contributed by atoms with Crippen LogP contribution in [0.25, 0.3) is 5.57 Å². The fourth-order valence-electron chi connectivity index (χ4n) is 9.55. The predicted octanol–water partition coefficient (Wildman–Crippen LogP) is 2.82. The number of carboxylic acids is 1. The zero-order valence-corrected chi connectivity index (χ0v) is 47.0. The number of carbonyl (C=O) groups excluding carboxylic acids is 3. The van der Waals surface area contributed by atoms with Crippen LogP contribution in [-0.2, 0) is 94.5 Å². The van der Waals surface area contributed by atoms with Gasteiger partial charge in [0.15, 0.2) is 11.5 Å². The van der Waals surface area contributed by atoms with Gasteiger partial charge in [0.1, 0.15) is 19.9 Å². The lowest BCUT2D eigenvalue weighted by Crippen LogP contribution is -2.34. The fraction of sp³-hybridized carbons (Fsp3) is 0.574. The van der Waals surface area contributed by atoms with Crippen molar-refractivity contribution in [2.24, 2.45) is 10.9 Å². The van der Waals surface area contributed by atoms with Crippen molar-refractivity contribution in [1.29, 1.82) is 0 Å². The third kappa shape index (κ3) is 14.6. The van der Waals surface area contributed by atoms with Gasteiger partial charge in [0, 0.05) is 41.2 Å². The summed E-state index contributed by atoms with van der Waals surface area (Å²) in [7, 11) is -9.83. The molecule has 4 aliphatic rings. The van der Waals surface area contributed by atoms with Gasteiger partial charge in [0.05, 0.1) is 129 Å². The average molecular weight is 1150 g/mol. The molecule has 3 aromatic carbocycles. The van der Waals surface area contributed by atoms with E-state index in [9.17, 15) is 45.7 Å². The van der Waals surface area contributed by atoms with Crippen molar-refractivity contribution in [2.75, 3.05) is 112 Å². The molecule has 3 aliphatic heterocycles. The number of nitrogens with zero attached hydrogens (tertiary/aromatic N) is 2. The maximum atomic E-state index is 14.8. The summed E-state index contributed by atoms with van der Waals surface area (Å²) in [5.41, 5.74) is 0.782. The van der Waals surface area contributed by atoms with Crippen LogP contribution in [0.5, 0.6) is 11.5 Å². The molecule has 0 bridgehead atoms. The number of benzene rings is 3.